The number of amides is 1. The number of nitrogens with one attached hydrogen (secondary N) is 2. The third-order valence-electron chi connectivity index (χ3n) is 4.21. The number of hydrogen-bond donors (Lipinski definition) is 2. The third kappa shape index (κ3) is 5.36. The van der Waals surface area contributed by atoms with Crippen LogP contribution in [0.25, 0.3) is 0 Å². The van der Waals surface area contributed by atoms with Crippen molar-refractivity contribution in [1.29, 1.82) is 0 Å². The molecule has 0 radical (unpaired) electrons. The smallest absolute Gasteiger partial charge is 0.291 e. The standard InChI is InChI=1S/C20H26N2O5S/c1-20(2,3)22-28(24,25)18-12-11-17(27-18)19(23)21-14-7-6-10-16(13-14)26-15-8-4-5-9-15/h6-7,10-13,15,22H,4-5,8-9H2,1-3H3,(H,21,23). The van der Waals surface area contributed by atoms with Crippen LogP contribution < -0.4 is 14.8 Å². The molecule has 1 heterocycles. The summed E-state index contributed by atoms with van der Waals surface area (Å²) in [6.07, 6.45) is 4.66. The molecule has 152 valence electrons. The highest BCUT2D eigenvalue weighted by Gasteiger charge is 2.26. The second kappa shape index (κ2) is 7.97. The summed E-state index contributed by atoms with van der Waals surface area (Å²) in [6.45, 7) is 5.17. The molecule has 0 bridgehead atoms. The number of carbonyl (C=O) groups excluding carboxylic acids is 1. The first kappa shape index (κ1) is 20.4. The highest BCUT2D eigenvalue weighted by atomic mass is 32.2. The summed E-state index contributed by atoms with van der Waals surface area (Å²) in [7, 11) is -3.84. The van der Waals surface area contributed by atoms with Crippen molar-refractivity contribution in [3.8, 4) is 5.75 Å². The Bertz CT molecular complexity index is 938. The van der Waals surface area contributed by atoms with Gasteiger partial charge < -0.3 is 14.5 Å². The van der Waals surface area contributed by atoms with E-state index in [1.54, 1.807) is 39.0 Å². The van der Waals surface area contributed by atoms with Crippen molar-refractivity contribution in [1.82, 2.24) is 4.72 Å². The zero-order valence-corrected chi connectivity index (χ0v) is 17.1. The summed E-state index contributed by atoms with van der Waals surface area (Å²) in [5.74, 6) is 0.0772. The average Bonchev–Trinajstić information content (AvgIpc) is 3.24. The van der Waals surface area contributed by atoms with E-state index in [2.05, 4.69) is 10.0 Å². The second-order valence-corrected chi connectivity index (χ2v) is 9.59. The van der Waals surface area contributed by atoms with Gasteiger partial charge in [-0.25, -0.2) is 13.1 Å². The lowest BCUT2D eigenvalue weighted by Crippen LogP contribution is -2.40. The molecule has 1 aromatic heterocycles. The molecular weight excluding hydrogens is 380 g/mol. The Labute approximate surface area is 165 Å². The van der Waals surface area contributed by atoms with Crippen LogP contribution in [0.15, 0.2) is 45.9 Å². The predicted molar refractivity (Wildman–Crippen MR) is 106 cm³/mol. The molecule has 3 rings (SSSR count). The number of benzene rings is 1. The summed E-state index contributed by atoms with van der Waals surface area (Å²) in [5.41, 5.74) is -0.109. The summed E-state index contributed by atoms with van der Waals surface area (Å²) < 4.78 is 38.3. The maximum absolute atomic E-state index is 12.4. The first-order chi connectivity index (χ1) is 13.1. The van der Waals surface area contributed by atoms with Crippen LogP contribution in [-0.2, 0) is 10.0 Å². The normalized spacial score (nSPS) is 15.5. The van der Waals surface area contributed by atoms with Gasteiger partial charge in [0.1, 0.15) is 5.75 Å². The Morgan fingerprint density at radius 3 is 2.54 bits per heavy atom. The van der Waals surface area contributed by atoms with Crippen LogP contribution in [0.3, 0.4) is 0 Å². The fourth-order valence-electron chi connectivity index (χ4n) is 3.08. The Hall–Kier alpha value is -2.32. The van der Waals surface area contributed by atoms with E-state index >= 15 is 0 Å². The maximum Gasteiger partial charge on any atom is 0.291 e. The molecule has 1 saturated carbocycles. The van der Waals surface area contributed by atoms with Crippen molar-refractivity contribution < 1.29 is 22.4 Å². The van der Waals surface area contributed by atoms with E-state index in [-0.39, 0.29) is 17.0 Å². The summed E-state index contributed by atoms with van der Waals surface area (Å²) in [6, 6.07) is 9.74. The number of furan rings is 1. The van der Waals surface area contributed by atoms with Gasteiger partial charge in [0.25, 0.3) is 15.9 Å². The fraction of sp³-hybridized carbons (Fsp3) is 0.450. The minimum absolute atomic E-state index is 0.0867. The molecule has 1 aliphatic carbocycles. The zero-order valence-electron chi connectivity index (χ0n) is 16.3. The topological polar surface area (TPSA) is 97.6 Å². The van der Waals surface area contributed by atoms with E-state index in [9.17, 15) is 13.2 Å². The van der Waals surface area contributed by atoms with Gasteiger partial charge in [0.15, 0.2) is 5.76 Å². The minimum atomic E-state index is -3.84. The number of carbonyl (C=O) groups is 1. The van der Waals surface area contributed by atoms with Crippen LogP contribution in [0, 0.1) is 0 Å². The van der Waals surface area contributed by atoms with Crippen LogP contribution in [0.2, 0.25) is 0 Å². The third-order valence-corrected chi connectivity index (χ3v) is 5.84. The van der Waals surface area contributed by atoms with Gasteiger partial charge in [-0.1, -0.05) is 6.07 Å². The lowest BCUT2D eigenvalue weighted by atomic mass is 10.1. The van der Waals surface area contributed by atoms with Gasteiger partial charge in [-0.05, 0) is 70.7 Å². The molecule has 28 heavy (non-hydrogen) atoms. The van der Waals surface area contributed by atoms with Gasteiger partial charge in [0.05, 0.1) is 6.10 Å². The van der Waals surface area contributed by atoms with Crippen molar-refractivity contribution in [3.63, 3.8) is 0 Å². The molecule has 0 unspecified atom stereocenters. The second-order valence-electron chi connectivity index (χ2n) is 7.98. The first-order valence-corrected chi connectivity index (χ1v) is 10.8. The van der Waals surface area contributed by atoms with E-state index in [1.165, 1.54) is 25.0 Å². The molecule has 1 amide bonds. The SMILES string of the molecule is CC(C)(C)NS(=O)(=O)c1ccc(C(=O)Nc2cccc(OC3CCCC3)c2)o1. The van der Waals surface area contributed by atoms with Crippen molar-refractivity contribution in [2.45, 2.75) is 63.2 Å². The molecule has 0 spiro atoms. The largest absolute Gasteiger partial charge is 0.490 e. The maximum atomic E-state index is 12.4. The molecular formula is C20H26N2O5S. The molecule has 2 N–H and O–H groups in total. The number of ether oxygens (including phenoxy) is 1. The summed E-state index contributed by atoms with van der Waals surface area (Å²) >= 11 is 0. The average molecular weight is 407 g/mol. The monoisotopic (exact) mass is 406 g/mol. The number of hydrogen-bond acceptors (Lipinski definition) is 5. The molecule has 1 aliphatic rings. The van der Waals surface area contributed by atoms with Crippen molar-refractivity contribution in [2.75, 3.05) is 5.32 Å². The number of sulfonamides is 1. The van der Waals surface area contributed by atoms with Crippen LogP contribution in [0.1, 0.15) is 57.0 Å². The molecule has 2 aromatic rings. The molecule has 0 saturated heterocycles. The lowest BCUT2D eigenvalue weighted by Gasteiger charge is -2.18. The Morgan fingerprint density at radius 2 is 1.86 bits per heavy atom. The zero-order chi connectivity index (χ0) is 20.4. The van der Waals surface area contributed by atoms with E-state index in [0.717, 1.165) is 12.8 Å². The van der Waals surface area contributed by atoms with E-state index in [0.29, 0.717) is 11.4 Å². The fourth-order valence-corrected chi connectivity index (χ4v) is 4.43. The van der Waals surface area contributed by atoms with Gasteiger partial charge in [-0.15, -0.1) is 0 Å². The molecule has 0 atom stereocenters. The number of anilines is 1. The van der Waals surface area contributed by atoms with Crippen molar-refractivity contribution in [3.05, 3.63) is 42.2 Å². The van der Waals surface area contributed by atoms with Gasteiger partial charge in [0.2, 0.25) is 5.09 Å². The molecule has 1 aromatic carbocycles. The van der Waals surface area contributed by atoms with Gasteiger partial charge in [-0.2, -0.15) is 0 Å². The van der Waals surface area contributed by atoms with Gasteiger partial charge >= 0.3 is 0 Å². The van der Waals surface area contributed by atoms with Crippen LogP contribution >= 0.6 is 0 Å². The first-order valence-electron chi connectivity index (χ1n) is 9.34. The lowest BCUT2D eigenvalue weighted by molar-refractivity contribution is 0.0991. The summed E-state index contributed by atoms with van der Waals surface area (Å²) in [5, 5.41) is 2.41. The van der Waals surface area contributed by atoms with Crippen LogP contribution in [0.4, 0.5) is 5.69 Å². The van der Waals surface area contributed by atoms with E-state index < -0.39 is 21.5 Å². The van der Waals surface area contributed by atoms with Crippen LogP contribution in [0.5, 0.6) is 5.75 Å². The van der Waals surface area contributed by atoms with E-state index in [1.807, 2.05) is 6.07 Å². The molecule has 7 nitrogen and oxygen atoms in total. The van der Waals surface area contributed by atoms with E-state index in [4.69, 9.17) is 9.15 Å². The Balaban J connectivity index is 1.68. The summed E-state index contributed by atoms with van der Waals surface area (Å²) in [4.78, 5) is 12.4. The highest BCUT2D eigenvalue weighted by molar-refractivity contribution is 7.89. The number of rotatable bonds is 6. The Kier molecular flexibility index (Phi) is 5.81. The predicted octanol–water partition coefficient (Wildman–Crippen LogP) is 3.93. The van der Waals surface area contributed by atoms with Gasteiger partial charge in [-0.3, -0.25) is 4.79 Å². The highest BCUT2D eigenvalue weighted by Crippen LogP contribution is 2.26. The minimum Gasteiger partial charge on any atom is -0.490 e. The van der Waals surface area contributed by atoms with Gasteiger partial charge in [0, 0.05) is 17.3 Å². The quantitative estimate of drug-likeness (QED) is 0.757. The van der Waals surface area contributed by atoms with Crippen molar-refractivity contribution >= 4 is 21.6 Å². The van der Waals surface area contributed by atoms with Crippen molar-refractivity contribution in [2.24, 2.45) is 0 Å². The molecule has 0 aliphatic heterocycles. The Morgan fingerprint density at radius 1 is 1.14 bits per heavy atom. The molecule has 1 fully saturated rings. The molecule has 8 heteroatoms. The van der Waals surface area contributed by atoms with Crippen LogP contribution in [-0.4, -0.2) is 26.0 Å².